The lowest BCUT2D eigenvalue weighted by atomic mass is 10.2. The molecule has 114 valence electrons. The third-order valence-corrected chi connectivity index (χ3v) is 3.35. The molecule has 5 heteroatoms. The molecule has 0 fully saturated rings. The van der Waals surface area contributed by atoms with E-state index >= 15 is 0 Å². The van der Waals surface area contributed by atoms with E-state index in [1.807, 2.05) is 36.4 Å². The number of fused-ring (bicyclic) bond motifs is 1. The van der Waals surface area contributed by atoms with Gasteiger partial charge in [0.15, 0.2) is 5.76 Å². The van der Waals surface area contributed by atoms with Crippen LogP contribution >= 0.6 is 11.6 Å². The maximum Gasteiger partial charge on any atom is 0.307 e. The van der Waals surface area contributed by atoms with E-state index in [-0.39, 0.29) is 5.76 Å². The Hall–Kier alpha value is -2.85. The molecule has 0 aliphatic carbocycles. The van der Waals surface area contributed by atoms with Crippen molar-refractivity contribution in [2.45, 2.75) is 0 Å². The maximum absolute atomic E-state index is 12.0. The van der Waals surface area contributed by atoms with Gasteiger partial charge in [0.05, 0.1) is 0 Å². The van der Waals surface area contributed by atoms with Crippen molar-refractivity contribution in [1.82, 2.24) is 5.43 Å². The second-order valence-electron chi connectivity index (χ2n) is 4.78. The summed E-state index contributed by atoms with van der Waals surface area (Å²) in [5.41, 5.74) is 4.07. The van der Waals surface area contributed by atoms with Crippen molar-refractivity contribution in [2.24, 2.45) is 5.10 Å². The molecule has 0 radical (unpaired) electrons. The number of carbonyl (C=O) groups is 1. The van der Waals surface area contributed by atoms with Gasteiger partial charge < -0.3 is 4.42 Å². The third kappa shape index (κ3) is 3.87. The number of hydrogen-bond acceptors (Lipinski definition) is 3. The normalized spacial score (nSPS) is 11.5. The lowest BCUT2D eigenvalue weighted by Crippen LogP contribution is -2.16. The number of carbonyl (C=O) groups excluding carboxylic acids is 1. The molecular formula is C18H13ClN2O2. The van der Waals surface area contributed by atoms with Gasteiger partial charge in [0, 0.05) is 16.6 Å². The Labute approximate surface area is 138 Å². The summed E-state index contributed by atoms with van der Waals surface area (Å²) < 4.78 is 5.45. The second-order valence-corrected chi connectivity index (χ2v) is 5.22. The second kappa shape index (κ2) is 6.94. The summed E-state index contributed by atoms with van der Waals surface area (Å²) in [5.74, 6) is -0.229. The molecule has 1 aromatic heterocycles. The molecule has 3 rings (SSSR count). The topological polar surface area (TPSA) is 54.6 Å². The van der Waals surface area contributed by atoms with Gasteiger partial charge in [0.1, 0.15) is 5.58 Å². The molecule has 0 atom stereocenters. The Morgan fingerprint density at radius 3 is 2.78 bits per heavy atom. The highest BCUT2D eigenvalue weighted by atomic mass is 35.5. The van der Waals surface area contributed by atoms with E-state index in [1.54, 1.807) is 30.3 Å². The Bertz CT molecular complexity index is 882. The van der Waals surface area contributed by atoms with Crippen LogP contribution in [0.2, 0.25) is 5.02 Å². The van der Waals surface area contributed by atoms with Crippen LogP contribution in [0.4, 0.5) is 0 Å². The monoisotopic (exact) mass is 324 g/mol. The average molecular weight is 325 g/mol. The molecule has 0 aliphatic rings. The molecule has 0 saturated carbocycles. The van der Waals surface area contributed by atoms with Gasteiger partial charge in [-0.05, 0) is 35.9 Å². The van der Waals surface area contributed by atoms with Gasteiger partial charge in [-0.15, -0.1) is 0 Å². The largest absolute Gasteiger partial charge is 0.451 e. The number of furan rings is 1. The molecule has 1 N–H and O–H groups in total. The van der Waals surface area contributed by atoms with Crippen LogP contribution in [0, 0.1) is 0 Å². The number of rotatable bonds is 4. The third-order valence-electron chi connectivity index (χ3n) is 3.12. The van der Waals surface area contributed by atoms with Gasteiger partial charge in [0.25, 0.3) is 0 Å². The summed E-state index contributed by atoms with van der Waals surface area (Å²) in [6, 6.07) is 16.6. The predicted octanol–water partition coefficient (Wildman–Crippen LogP) is 4.52. The number of nitrogens with one attached hydrogen (secondary N) is 1. The standard InChI is InChI=1S/C18H13ClN2O2/c19-15-8-9-16-14(11-15)12-17(23-16)18(22)21-20-10-4-7-13-5-2-1-3-6-13/h1-12H,(H,21,22). The maximum atomic E-state index is 12.0. The molecule has 0 unspecified atom stereocenters. The summed E-state index contributed by atoms with van der Waals surface area (Å²) in [5, 5.41) is 5.22. The zero-order valence-corrected chi connectivity index (χ0v) is 12.8. The minimum Gasteiger partial charge on any atom is -0.451 e. The highest BCUT2D eigenvalue weighted by Gasteiger charge is 2.11. The highest BCUT2D eigenvalue weighted by Crippen LogP contribution is 2.22. The van der Waals surface area contributed by atoms with Crippen molar-refractivity contribution in [3.63, 3.8) is 0 Å². The van der Waals surface area contributed by atoms with Crippen LogP contribution in [-0.2, 0) is 0 Å². The molecule has 2 aromatic carbocycles. The van der Waals surface area contributed by atoms with Crippen LogP contribution in [0.15, 0.2) is 70.2 Å². The van der Waals surface area contributed by atoms with Crippen molar-refractivity contribution < 1.29 is 9.21 Å². The van der Waals surface area contributed by atoms with Gasteiger partial charge in [-0.3, -0.25) is 4.79 Å². The average Bonchev–Trinajstić information content (AvgIpc) is 2.98. The van der Waals surface area contributed by atoms with Gasteiger partial charge >= 0.3 is 5.91 Å². The van der Waals surface area contributed by atoms with E-state index in [1.165, 1.54) is 6.21 Å². The predicted molar refractivity (Wildman–Crippen MR) is 92.7 cm³/mol. The Kier molecular flexibility index (Phi) is 4.54. The molecule has 23 heavy (non-hydrogen) atoms. The fraction of sp³-hybridized carbons (Fsp3) is 0. The molecule has 0 spiro atoms. The zero-order valence-electron chi connectivity index (χ0n) is 12.1. The van der Waals surface area contributed by atoms with Gasteiger partial charge in [-0.25, -0.2) is 5.43 Å². The lowest BCUT2D eigenvalue weighted by molar-refractivity contribution is 0.0929. The lowest BCUT2D eigenvalue weighted by Gasteiger charge is -1.93. The SMILES string of the molecule is O=C(NN=CC=Cc1ccccc1)c1cc2cc(Cl)ccc2o1. The molecule has 1 heterocycles. The first-order valence-corrected chi connectivity index (χ1v) is 7.34. The molecule has 0 bridgehead atoms. The molecule has 0 aliphatic heterocycles. The number of benzene rings is 2. The van der Waals surface area contributed by atoms with Crippen LogP contribution in [0.1, 0.15) is 16.1 Å². The van der Waals surface area contributed by atoms with E-state index in [9.17, 15) is 4.79 Å². The van der Waals surface area contributed by atoms with E-state index in [0.29, 0.717) is 10.6 Å². The van der Waals surface area contributed by atoms with Crippen molar-refractivity contribution in [3.05, 3.63) is 77.0 Å². The van der Waals surface area contributed by atoms with E-state index < -0.39 is 5.91 Å². The Morgan fingerprint density at radius 1 is 1.13 bits per heavy atom. The first kappa shape index (κ1) is 15.1. The fourth-order valence-corrected chi connectivity index (χ4v) is 2.22. The minimum absolute atomic E-state index is 0.187. The molecular weight excluding hydrogens is 312 g/mol. The van der Waals surface area contributed by atoms with Crippen molar-refractivity contribution >= 4 is 40.8 Å². The van der Waals surface area contributed by atoms with Gasteiger partial charge in [0.2, 0.25) is 0 Å². The first-order chi connectivity index (χ1) is 11.2. The van der Waals surface area contributed by atoms with Crippen molar-refractivity contribution in [3.8, 4) is 0 Å². The van der Waals surface area contributed by atoms with Crippen molar-refractivity contribution in [1.29, 1.82) is 0 Å². The van der Waals surface area contributed by atoms with E-state index in [2.05, 4.69) is 10.5 Å². The smallest absolute Gasteiger partial charge is 0.307 e. The van der Waals surface area contributed by atoms with Crippen LogP contribution < -0.4 is 5.43 Å². The number of allylic oxidation sites excluding steroid dienone is 1. The number of halogens is 1. The molecule has 3 aromatic rings. The molecule has 4 nitrogen and oxygen atoms in total. The van der Waals surface area contributed by atoms with Crippen molar-refractivity contribution in [2.75, 3.05) is 0 Å². The van der Waals surface area contributed by atoms with Gasteiger partial charge in [-0.1, -0.05) is 48.0 Å². The van der Waals surface area contributed by atoms with Crippen LogP contribution in [-0.4, -0.2) is 12.1 Å². The summed E-state index contributed by atoms with van der Waals surface area (Å²) in [4.78, 5) is 12.0. The zero-order chi connectivity index (χ0) is 16.1. The Morgan fingerprint density at radius 2 is 1.96 bits per heavy atom. The number of hydrogen-bond donors (Lipinski definition) is 1. The van der Waals surface area contributed by atoms with Crippen LogP contribution in [0.3, 0.4) is 0 Å². The minimum atomic E-state index is -0.415. The van der Waals surface area contributed by atoms with Gasteiger partial charge in [-0.2, -0.15) is 5.10 Å². The van der Waals surface area contributed by atoms with Crippen LogP contribution in [0.25, 0.3) is 17.0 Å². The van der Waals surface area contributed by atoms with Crippen LogP contribution in [0.5, 0.6) is 0 Å². The van der Waals surface area contributed by atoms with E-state index in [0.717, 1.165) is 10.9 Å². The summed E-state index contributed by atoms with van der Waals surface area (Å²) in [7, 11) is 0. The van der Waals surface area contributed by atoms with E-state index in [4.69, 9.17) is 16.0 Å². The quantitative estimate of drug-likeness (QED) is 0.567. The summed E-state index contributed by atoms with van der Waals surface area (Å²) in [6.45, 7) is 0. The fourth-order valence-electron chi connectivity index (χ4n) is 2.04. The first-order valence-electron chi connectivity index (χ1n) is 6.96. The Balaban J connectivity index is 1.62. The summed E-state index contributed by atoms with van der Waals surface area (Å²) in [6.07, 6.45) is 5.14. The number of hydrazone groups is 1. The number of amides is 1. The molecule has 1 amide bonds. The summed E-state index contributed by atoms with van der Waals surface area (Å²) >= 11 is 5.90. The number of nitrogens with zero attached hydrogens (tertiary/aromatic N) is 1. The highest BCUT2D eigenvalue weighted by molar-refractivity contribution is 6.31. The molecule has 0 saturated heterocycles.